The fraction of sp³-hybridized carbons (Fsp3) is 0.579. The molecule has 1 fully saturated rings. The number of halogens is 1. The number of rotatable bonds is 4. The molecule has 2 atom stereocenters. The Balaban J connectivity index is 1.65. The van der Waals surface area contributed by atoms with Crippen LogP contribution in [0.2, 0.25) is 0 Å². The second-order valence-corrected chi connectivity index (χ2v) is 7.63. The number of aliphatic hydroxyl groups excluding tert-OH is 1. The van der Waals surface area contributed by atoms with Crippen LogP contribution in [0.1, 0.15) is 32.6 Å². The summed E-state index contributed by atoms with van der Waals surface area (Å²) in [5, 5.41) is 10.2. The lowest BCUT2D eigenvalue weighted by molar-refractivity contribution is 0.191. The maximum absolute atomic E-state index is 10.2. The van der Waals surface area contributed by atoms with Gasteiger partial charge in [0.05, 0.1) is 11.6 Å². The molecule has 2 aliphatic carbocycles. The first-order valence-electron chi connectivity index (χ1n) is 8.53. The summed E-state index contributed by atoms with van der Waals surface area (Å²) in [7, 11) is 1.64. The standard InChI is InChI=1S/C19H26BrNO2/c1-13-5-3-4-6-14(13)7-9-21-10-8-15-11-17(23-2)19(22)18(20)16(15)12-21/h3-4,6,13,15,22H,5,7-12H2,1-2H3. The van der Waals surface area contributed by atoms with Gasteiger partial charge in [-0.2, -0.15) is 0 Å². The van der Waals surface area contributed by atoms with Crippen LogP contribution < -0.4 is 0 Å². The first-order chi connectivity index (χ1) is 11.1. The zero-order valence-electron chi connectivity index (χ0n) is 14.0. The predicted octanol–water partition coefficient (Wildman–Crippen LogP) is 4.69. The van der Waals surface area contributed by atoms with Crippen molar-refractivity contribution in [2.75, 3.05) is 26.7 Å². The molecule has 0 saturated carbocycles. The van der Waals surface area contributed by atoms with Crippen LogP contribution in [0.3, 0.4) is 0 Å². The summed E-state index contributed by atoms with van der Waals surface area (Å²) in [4.78, 5) is 2.52. The molecule has 1 heterocycles. The summed E-state index contributed by atoms with van der Waals surface area (Å²) in [6, 6.07) is 0. The van der Waals surface area contributed by atoms with E-state index in [2.05, 4.69) is 46.0 Å². The third-order valence-corrected chi connectivity index (χ3v) is 6.28. The number of methoxy groups -OCH3 is 1. The van der Waals surface area contributed by atoms with E-state index in [0.29, 0.717) is 17.6 Å². The van der Waals surface area contributed by atoms with E-state index >= 15 is 0 Å². The van der Waals surface area contributed by atoms with E-state index in [1.807, 2.05) is 0 Å². The van der Waals surface area contributed by atoms with Gasteiger partial charge >= 0.3 is 0 Å². The second-order valence-electron chi connectivity index (χ2n) is 6.84. The first kappa shape index (κ1) is 16.8. The van der Waals surface area contributed by atoms with Crippen molar-refractivity contribution in [3.05, 3.63) is 45.4 Å². The number of likely N-dealkylation sites (tertiary alicyclic amines) is 1. The normalized spacial score (nSPS) is 28.7. The Kier molecular flexibility index (Phi) is 5.32. The fourth-order valence-electron chi connectivity index (χ4n) is 3.81. The Morgan fingerprint density at radius 1 is 1.43 bits per heavy atom. The highest BCUT2D eigenvalue weighted by atomic mass is 79.9. The minimum atomic E-state index is 0.286. The van der Waals surface area contributed by atoms with E-state index in [9.17, 15) is 5.11 Å². The number of piperidine rings is 1. The van der Waals surface area contributed by atoms with Crippen LogP contribution >= 0.6 is 15.9 Å². The van der Waals surface area contributed by atoms with E-state index in [1.165, 1.54) is 12.0 Å². The molecule has 3 rings (SSSR count). The van der Waals surface area contributed by atoms with Crippen LogP contribution in [0.15, 0.2) is 45.4 Å². The predicted molar refractivity (Wildman–Crippen MR) is 97.4 cm³/mol. The number of ether oxygens (including phenoxy) is 1. The van der Waals surface area contributed by atoms with Gasteiger partial charge < -0.3 is 9.84 Å². The summed E-state index contributed by atoms with van der Waals surface area (Å²) < 4.78 is 6.18. The van der Waals surface area contributed by atoms with Crippen LogP contribution in [0.5, 0.6) is 0 Å². The number of allylic oxidation sites excluding steroid dienone is 5. The number of hydrogen-bond donors (Lipinski definition) is 1. The second kappa shape index (κ2) is 7.27. The van der Waals surface area contributed by atoms with Crippen LogP contribution in [0.4, 0.5) is 0 Å². The zero-order valence-corrected chi connectivity index (χ0v) is 15.6. The van der Waals surface area contributed by atoms with E-state index in [-0.39, 0.29) is 5.76 Å². The van der Waals surface area contributed by atoms with Crippen LogP contribution in [-0.4, -0.2) is 36.8 Å². The Hall–Kier alpha value is -1.00. The average molecular weight is 380 g/mol. The lowest BCUT2D eigenvalue weighted by Crippen LogP contribution is -2.38. The van der Waals surface area contributed by atoms with Crippen molar-refractivity contribution < 1.29 is 9.84 Å². The number of aliphatic hydroxyl groups is 1. The summed E-state index contributed by atoms with van der Waals surface area (Å²) in [6.07, 6.45) is 11.0. The lowest BCUT2D eigenvalue weighted by Gasteiger charge is -2.37. The SMILES string of the molecule is COC1=C(O)C(Br)=C2CN(CCC3=CC=CCC3C)CCC2C1. The maximum atomic E-state index is 10.2. The number of hydrogen-bond acceptors (Lipinski definition) is 3. The van der Waals surface area contributed by atoms with Gasteiger partial charge in [0.25, 0.3) is 0 Å². The monoisotopic (exact) mass is 379 g/mol. The van der Waals surface area contributed by atoms with Gasteiger partial charge in [-0.15, -0.1) is 0 Å². The molecule has 126 valence electrons. The van der Waals surface area contributed by atoms with Gasteiger partial charge in [0, 0.05) is 19.5 Å². The highest BCUT2D eigenvalue weighted by Gasteiger charge is 2.33. The summed E-state index contributed by atoms with van der Waals surface area (Å²) in [6.45, 7) is 5.49. The zero-order chi connectivity index (χ0) is 16.4. The lowest BCUT2D eigenvalue weighted by atomic mass is 9.83. The van der Waals surface area contributed by atoms with E-state index < -0.39 is 0 Å². The highest BCUT2D eigenvalue weighted by molar-refractivity contribution is 9.12. The molecule has 0 amide bonds. The quantitative estimate of drug-likeness (QED) is 0.768. The molecule has 0 spiro atoms. The average Bonchev–Trinajstić information content (AvgIpc) is 2.57. The van der Waals surface area contributed by atoms with Gasteiger partial charge in [-0.05, 0) is 59.1 Å². The topological polar surface area (TPSA) is 32.7 Å². The molecule has 1 saturated heterocycles. The summed E-state index contributed by atoms with van der Waals surface area (Å²) in [5.74, 6) is 2.18. The molecule has 0 radical (unpaired) electrons. The smallest absolute Gasteiger partial charge is 0.167 e. The Labute approximate surface area is 147 Å². The van der Waals surface area contributed by atoms with Crippen LogP contribution in [0, 0.1) is 11.8 Å². The molecule has 3 nitrogen and oxygen atoms in total. The molecular weight excluding hydrogens is 354 g/mol. The molecule has 4 heteroatoms. The van der Waals surface area contributed by atoms with Crippen molar-refractivity contribution in [1.29, 1.82) is 0 Å². The summed E-state index contributed by atoms with van der Waals surface area (Å²) in [5.41, 5.74) is 2.90. The summed E-state index contributed by atoms with van der Waals surface area (Å²) >= 11 is 3.59. The van der Waals surface area contributed by atoms with Crippen molar-refractivity contribution in [1.82, 2.24) is 4.90 Å². The van der Waals surface area contributed by atoms with Crippen molar-refractivity contribution in [2.45, 2.75) is 32.6 Å². The molecule has 1 aliphatic heterocycles. The Morgan fingerprint density at radius 3 is 3.00 bits per heavy atom. The van der Waals surface area contributed by atoms with E-state index in [4.69, 9.17) is 4.74 Å². The maximum Gasteiger partial charge on any atom is 0.167 e. The van der Waals surface area contributed by atoms with Crippen molar-refractivity contribution >= 4 is 15.9 Å². The van der Waals surface area contributed by atoms with Gasteiger partial charge in [0.15, 0.2) is 5.76 Å². The molecule has 0 aromatic rings. The third kappa shape index (κ3) is 3.58. The number of fused-ring (bicyclic) bond motifs is 1. The van der Waals surface area contributed by atoms with Gasteiger partial charge in [-0.3, -0.25) is 4.90 Å². The molecular formula is C19H26BrNO2. The number of nitrogens with zero attached hydrogens (tertiary/aromatic N) is 1. The van der Waals surface area contributed by atoms with E-state index in [1.54, 1.807) is 12.7 Å². The van der Waals surface area contributed by atoms with Gasteiger partial charge in [-0.1, -0.05) is 30.7 Å². The molecule has 3 aliphatic rings. The van der Waals surface area contributed by atoms with Crippen molar-refractivity contribution in [2.24, 2.45) is 11.8 Å². The van der Waals surface area contributed by atoms with Crippen molar-refractivity contribution in [3.63, 3.8) is 0 Å². The molecule has 2 unspecified atom stereocenters. The fourth-order valence-corrected chi connectivity index (χ4v) is 4.48. The Bertz CT molecular complexity index is 588. The van der Waals surface area contributed by atoms with Crippen LogP contribution in [0.25, 0.3) is 0 Å². The third-order valence-electron chi connectivity index (χ3n) is 5.40. The Morgan fingerprint density at radius 2 is 2.26 bits per heavy atom. The molecule has 1 N–H and O–H groups in total. The molecule has 0 bridgehead atoms. The van der Waals surface area contributed by atoms with Crippen molar-refractivity contribution in [3.8, 4) is 0 Å². The minimum absolute atomic E-state index is 0.286. The van der Waals surface area contributed by atoms with Gasteiger partial charge in [-0.25, -0.2) is 0 Å². The molecule has 0 aromatic carbocycles. The highest BCUT2D eigenvalue weighted by Crippen LogP contribution is 2.41. The van der Waals surface area contributed by atoms with Crippen LogP contribution in [-0.2, 0) is 4.74 Å². The first-order valence-corrected chi connectivity index (χ1v) is 9.32. The van der Waals surface area contributed by atoms with E-state index in [0.717, 1.165) is 43.4 Å². The molecule has 23 heavy (non-hydrogen) atoms. The largest absolute Gasteiger partial charge is 0.504 e. The van der Waals surface area contributed by atoms with Gasteiger partial charge in [0.2, 0.25) is 0 Å². The minimum Gasteiger partial charge on any atom is -0.504 e. The van der Waals surface area contributed by atoms with Gasteiger partial charge in [0.1, 0.15) is 5.76 Å². The molecule has 0 aromatic heterocycles.